The molecule has 0 spiro atoms. The molecular formula is C20H19NO3. The van der Waals surface area contributed by atoms with Crippen molar-refractivity contribution < 1.29 is 15.0 Å². The van der Waals surface area contributed by atoms with Gasteiger partial charge in [-0.1, -0.05) is 60.7 Å². The minimum atomic E-state index is -0.972. The number of nitrogens with one attached hydrogen (secondary N) is 1. The Labute approximate surface area is 140 Å². The number of hydrogen-bond donors (Lipinski definition) is 3. The molecule has 0 bridgehead atoms. The molecule has 2 atom stereocenters. The van der Waals surface area contributed by atoms with Gasteiger partial charge in [-0.2, -0.15) is 0 Å². The van der Waals surface area contributed by atoms with Gasteiger partial charge in [0.05, 0.1) is 12.6 Å². The summed E-state index contributed by atoms with van der Waals surface area (Å²) in [5.74, 6) is -0.324. The summed E-state index contributed by atoms with van der Waals surface area (Å²) < 4.78 is 0. The monoisotopic (exact) mass is 321 g/mol. The summed E-state index contributed by atoms with van der Waals surface area (Å²) in [6, 6.07) is 21.4. The van der Waals surface area contributed by atoms with Gasteiger partial charge in [0.25, 0.3) is 5.91 Å². The van der Waals surface area contributed by atoms with Gasteiger partial charge in [-0.15, -0.1) is 0 Å². The van der Waals surface area contributed by atoms with Gasteiger partial charge in [0.2, 0.25) is 0 Å². The maximum Gasteiger partial charge on any atom is 0.251 e. The molecule has 0 saturated carbocycles. The molecule has 3 rings (SSSR count). The molecule has 4 heteroatoms. The van der Waals surface area contributed by atoms with E-state index in [0.717, 1.165) is 10.8 Å². The number of rotatable bonds is 5. The molecule has 24 heavy (non-hydrogen) atoms. The highest BCUT2D eigenvalue weighted by atomic mass is 16.3. The Hall–Kier alpha value is -2.69. The molecule has 3 aromatic rings. The van der Waals surface area contributed by atoms with Crippen molar-refractivity contribution in [3.63, 3.8) is 0 Å². The molecule has 0 aliphatic rings. The van der Waals surface area contributed by atoms with Gasteiger partial charge in [-0.05, 0) is 28.5 Å². The Balaban J connectivity index is 1.78. The number of aliphatic hydroxyl groups is 2. The van der Waals surface area contributed by atoms with Crippen LogP contribution in [0, 0.1) is 0 Å². The molecule has 0 heterocycles. The zero-order valence-corrected chi connectivity index (χ0v) is 13.1. The topological polar surface area (TPSA) is 69.6 Å². The number of aliphatic hydroxyl groups excluding tert-OH is 2. The first-order valence-electron chi connectivity index (χ1n) is 7.82. The van der Waals surface area contributed by atoms with Crippen molar-refractivity contribution in [2.75, 3.05) is 6.61 Å². The molecule has 0 radical (unpaired) electrons. The van der Waals surface area contributed by atoms with Crippen LogP contribution in [0.5, 0.6) is 0 Å². The molecule has 3 N–H and O–H groups in total. The zero-order chi connectivity index (χ0) is 16.9. The first-order chi connectivity index (χ1) is 11.7. The fraction of sp³-hybridized carbons (Fsp3) is 0.150. The summed E-state index contributed by atoms with van der Waals surface area (Å²) in [5, 5.41) is 24.7. The predicted molar refractivity (Wildman–Crippen MR) is 93.7 cm³/mol. The van der Waals surface area contributed by atoms with E-state index in [2.05, 4.69) is 5.32 Å². The first-order valence-corrected chi connectivity index (χ1v) is 7.82. The maximum absolute atomic E-state index is 12.5. The normalized spacial score (nSPS) is 13.4. The van der Waals surface area contributed by atoms with E-state index in [1.165, 1.54) is 0 Å². The molecule has 0 saturated heterocycles. The van der Waals surface area contributed by atoms with Crippen LogP contribution in [-0.4, -0.2) is 28.8 Å². The van der Waals surface area contributed by atoms with Gasteiger partial charge in [-0.25, -0.2) is 0 Å². The third-order valence-corrected chi connectivity index (χ3v) is 4.05. The lowest BCUT2D eigenvalue weighted by atomic mass is 10.0. The molecule has 1 amide bonds. The molecule has 4 nitrogen and oxygen atoms in total. The van der Waals surface area contributed by atoms with Crippen LogP contribution >= 0.6 is 0 Å². The van der Waals surface area contributed by atoms with E-state index in [-0.39, 0.29) is 12.5 Å². The predicted octanol–water partition coefficient (Wildman–Crippen LogP) is 2.66. The van der Waals surface area contributed by atoms with Crippen molar-refractivity contribution in [1.29, 1.82) is 0 Å². The third kappa shape index (κ3) is 3.45. The number of amides is 1. The summed E-state index contributed by atoms with van der Waals surface area (Å²) in [5.41, 5.74) is 1.14. The van der Waals surface area contributed by atoms with Gasteiger partial charge >= 0.3 is 0 Å². The van der Waals surface area contributed by atoms with Crippen LogP contribution in [0.2, 0.25) is 0 Å². The van der Waals surface area contributed by atoms with E-state index in [1.54, 1.807) is 36.4 Å². The van der Waals surface area contributed by atoms with Crippen molar-refractivity contribution >= 4 is 16.7 Å². The van der Waals surface area contributed by atoms with E-state index >= 15 is 0 Å². The maximum atomic E-state index is 12.5. The van der Waals surface area contributed by atoms with Gasteiger partial charge in [0, 0.05) is 5.56 Å². The van der Waals surface area contributed by atoms with Crippen LogP contribution < -0.4 is 5.32 Å². The molecular weight excluding hydrogens is 302 g/mol. The Morgan fingerprint density at radius 3 is 2.29 bits per heavy atom. The zero-order valence-electron chi connectivity index (χ0n) is 13.1. The number of carbonyl (C=O) groups is 1. The van der Waals surface area contributed by atoms with E-state index in [9.17, 15) is 15.0 Å². The summed E-state index contributed by atoms with van der Waals surface area (Å²) >= 11 is 0. The van der Waals surface area contributed by atoms with E-state index in [0.29, 0.717) is 11.1 Å². The average molecular weight is 321 g/mol. The Bertz CT molecular complexity index is 832. The minimum Gasteiger partial charge on any atom is -0.394 e. The lowest BCUT2D eigenvalue weighted by Crippen LogP contribution is -2.41. The average Bonchev–Trinajstić information content (AvgIpc) is 2.65. The second-order valence-corrected chi connectivity index (χ2v) is 5.68. The molecule has 0 aliphatic heterocycles. The second kappa shape index (κ2) is 7.25. The minimum absolute atomic E-state index is 0.324. The first kappa shape index (κ1) is 16.2. The van der Waals surface area contributed by atoms with Crippen LogP contribution in [0.1, 0.15) is 22.0 Å². The number of fused-ring (bicyclic) bond motifs is 1. The Morgan fingerprint density at radius 1 is 0.917 bits per heavy atom. The molecule has 3 aromatic carbocycles. The van der Waals surface area contributed by atoms with Gasteiger partial charge in [0.15, 0.2) is 0 Å². The molecule has 122 valence electrons. The van der Waals surface area contributed by atoms with Crippen LogP contribution in [0.3, 0.4) is 0 Å². The van der Waals surface area contributed by atoms with E-state index in [4.69, 9.17) is 0 Å². The Kier molecular flexibility index (Phi) is 4.89. The molecule has 0 fully saturated rings. The van der Waals surface area contributed by atoms with Crippen LogP contribution in [-0.2, 0) is 0 Å². The lowest BCUT2D eigenvalue weighted by molar-refractivity contribution is 0.0703. The number of carbonyl (C=O) groups excluding carboxylic acids is 1. The standard InChI is InChI=1S/C20H19NO3/c22-13-18(19(23)15-7-2-1-3-8-15)21-20(24)17-11-10-14-6-4-5-9-16(14)12-17/h1-12,18-19,22-23H,13H2,(H,21,24)/t18-,19?/m0/s1. The van der Waals surface area contributed by atoms with Crippen molar-refractivity contribution in [3.05, 3.63) is 83.9 Å². The van der Waals surface area contributed by atoms with Crippen LogP contribution in [0.4, 0.5) is 0 Å². The molecule has 0 aliphatic carbocycles. The summed E-state index contributed by atoms with van der Waals surface area (Å²) in [6.07, 6.45) is -0.972. The van der Waals surface area contributed by atoms with Crippen molar-refractivity contribution in [3.8, 4) is 0 Å². The number of hydrogen-bond acceptors (Lipinski definition) is 3. The lowest BCUT2D eigenvalue weighted by Gasteiger charge is -2.22. The van der Waals surface area contributed by atoms with Gasteiger partial charge in [0.1, 0.15) is 6.10 Å². The molecule has 1 unspecified atom stereocenters. The SMILES string of the molecule is O=C(N[C@@H](CO)C(O)c1ccccc1)c1ccc2ccccc2c1. The van der Waals surface area contributed by atoms with E-state index in [1.807, 2.05) is 36.4 Å². The highest BCUT2D eigenvalue weighted by molar-refractivity contribution is 5.98. The highest BCUT2D eigenvalue weighted by Gasteiger charge is 2.22. The highest BCUT2D eigenvalue weighted by Crippen LogP contribution is 2.18. The van der Waals surface area contributed by atoms with Crippen molar-refractivity contribution in [2.45, 2.75) is 12.1 Å². The van der Waals surface area contributed by atoms with Crippen molar-refractivity contribution in [2.24, 2.45) is 0 Å². The smallest absolute Gasteiger partial charge is 0.251 e. The van der Waals surface area contributed by atoms with E-state index < -0.39 is 12.1 Å². The largest absolute Gasteiger partial charge is 0.394 e. The number of benzene rings is 3. The van der Waals surface area contributed by atoms with Crippen LogP contribution in [0.15, 0.2) is 72.8 Å². The van der Waals surface area contributed by atoms with Crippen molar-refractivity contribution in [1.82, 2.24) is 5.32 Å². The quantitative estimate of drug-likeness (QED) is 0.677. The molecule has 0 aromatic heterocycles. The summed E-state index contributed by atoms with van der Waals surface area (Å²) in [7, 11) is 0. The van der Waals surface area contributed by atoms with Crippen LogP contribution in [0.25, 0.3) is 10.8 Å². The Morgan fingerprint density at radius 2 is 1.58 bits per heavy atom. The summed E-state index contributed by atoms with van der Waals surface area (Å²) in [4.78, 5) is 12.5. The summed E-state index contributed by atoms with van der Waals surface area (Å²) in [6.45, 7) is -0.352. The fourth-order valence-corrected chi connectivity index (χ4v) is 2.69. The van der Waals surface area contributed by atoms with Gasteiger partial charge in [-0.3, -0.25) is 4.79 Å². The second-order valence-electron chi connectivity index (χ2n) is 5.68. The fourth-order valence-electron chi connectivity index (χ4n) is 2.69. The van der Waals surface area contributed by atoms with Gasteiger partial charge < -0.3 is 15.5 Å². The third-order valence-electron chi connectivity index (χ3n) is 4.05.